The average Bonchev–Trinajstić information content (AvgIpc) is 2.47. The van der Waals surface area contributed by atoms with Gasteiger partial charge in [0.2, 0.25) is 0 Å². The lowest BCUT2D eigenvalue weighted by atomic mass is 9.90. The van der Waals surface area contributed by atoms with E-state index in [2.05, 4.69) is 0 Å². The van der Waals surface area contributed by atoms with Gasteiger partial charge in [0.15, 0.2) is 0 Å². The standard InChI is InChI=1S/C16H12Cl2O4/c17-13-6-5-10(8-14(13)18)12(16(21)22)7-9-3-1-2-4-11(9)15(19)20/h1-6,8,12H,7H2,(H,19,20)(H,21,22). The van der Waals surface area contributed by atoms with E-state index >= 15 is 0 Å². The van der Waals surface area contributed by atoms with Crippen LogP contribution < -0.4 is 0 Å². The summed E-state index contributed by atoms with van der Waals surface area (Å²) in [5, 5.41) is 19.2. The van der Waals surface area contributed by atoms with E-state index in [4.69, 9.17) is 23.2 Å². The van der Waals surface area contributed by atoms with E-state index < -0.39 is 17.9 Å². The molecule has 0 saturated carbocycles. The van der Waals surface area contributed by atoms with Crippen LogP contribution in [0.4, 0.5) is 0 Å². The number of halogens is 2. The van der Waals surface area contributed by atoms with Crippen molar-refractivity contribution in [3.63, 3.8) is 0 Å². The molecular formula is C16H12Cl2O4. The molecule has 0 heterocycles. The zero-order valence-corrected chi connectivity index (χ0v) is 12.8. The fourth-order valence-corrected chi connectivity index (χ4v) is 2.51. The van der Waals surface area contributed by atoms with Crippen LogP contribution in [0.2, 0.25) is 10.0 Å². The molecule has 114 valence electrons. The molecule has 2 aromatic rings. The zero-order chi connectivity index (χ0) is 16.3. The van der Waals surface area contributed by atoms with Crippen molar-refractivity contribution >= 4 is 35.1 Å². The van der Waals surface area contributed by atoms with Gasteiger partial charge < -0.3 is 10.2 Å². The van der Waals surface area contributed by atoms with Crippen LogP contribution in [0.5, 0.6) is 0 Å². The Morgan fingerprint density at radius 1 is 1.00 bits per heavy atom. The molecule has 0 radical (unpaired) electrons. The van der Waals surface area contributed by atoms with Crippen molar-refractivity contribution in [2.45, 2.75) is 12.3 Å². The summed E-state index contributed by atoms with van der Waals surface area (Å²) in [7, 11) is 0. The van der Waals surface area contributed by atoms with Crippen LogP contribution in [0.1, 0.15) is 27.4 Å². The van der Waals surface area contributed by atoms with Crippen LogP contribution in [0.25, 0.3) is 0 Å². The van der Waals surface area contributed by atoms with Gasteiger partial charge in [-0.3, -0.25) is 4.79 Å². The van der Waals surface area contributed by atoms with Crippen molar-refractivity contribution in [2.24, 2.45) is 0 Å². The summed E-state index contributed by atoms with van der Waals surface area (Å²) in [6.07, 6.45) is 0.0514. The molecule has 0 spiro atoms. The molecule has 0 aliphatic heterocycles. The topological polar surface area (TPSA) is 74.6 Å². The largest absolute Gasteiger partial charge is 0.481 e. The smallest absolute Gasteiger partial charge is 0.335 e. The van der Waals surface area contributed by atoms with E-state index in [1.54, 1.807) is 24.3 Å². The number of rotatable bonds is 5. The van der Waals surface area contributed by atoms with E-state index in [-0.39, 0.29) is 17.0 Å². The molecule has 0 saturated heterocycles. The van der Waals surface area contributed by atoms with Gasteiger partial charge in [0, 0.05) is 0 Å². The second-order valence-electron chi connectivity index (χ2n) is 4.73. The van der Waals surface area contributed by atoms with E-state index in [0.717, 1.165) is 0 Å². The Morgan fingerprint density at radius 2 is 1.68 bits per heavy atom. The lowest BCUT2D eigenvalue weighted by Crippen LogP contribution is -2.16. The van der Waals surface area contributed by atoms with Gasteiger partial charge in [0.1, 0.15) is 0 Å². The van der Waals surface area contributed by atoms with Crippen molar-refractivity contribution in [2.75, 3.05) is 0 Å². The molecule has 6 heteroatoms. The summed E-state index contributed by atoms with van der Waals surface area (Å²) in [6.45, 7) is 0. The van der Waals surface area contributed by atoms with Crippen LogP contribution in [-0.2, 0) is 11.2 Å². The maximum Gasteiger partial charge on any atom is 0.335 e. The Bertz CT molecular complexity index is 728. The summed E-state index contributed by atoms with van der Waals surface area (Å²) in [5.41, 5.74) is 1.02. The number of carbonyl (C=O) groups is 2. The number of carboxylic acids is 2. The Balaban J connectivity index is 2.40. The summed E-state index contributed by atoms with van der Waals surface area (Å²) < 4.78 is 0. The average molecular weight is 339 g/mol. The quantitative estimate of drug-likeness (QED) is 0.860. The van der Waals surface area contributed by atoms with Crippen LogP contribution in [-0.4, -0.2) is 22.2 Å². The molecule has 0 bridgehead atoms. The summed E-state index contributed by atoms with van der Waals surface area (Å²) in [4.78, 5) is 22.8. The predicted molar refractivity (Wildman–Crippen MR) is 83.9 cm³/mol. The fraction of sp³-hybridized carbons (Fsp3) is 0.125. The Morgan fingerprint density at radius 3 is 2.27 bits per heavy atom. The number of aliphatic carboxylic acids is 1. The predicted octanol–water partition coefficient (Wildman–Crippen LogP) is 4.10. The monoisotopic (exact) mass is 338 g/mol. The Kier molecular flexibility index (Phi) is 5.06. The molecule has 0 aromatic heterocycles. The minimum atomic E-state index is -1.09. The lowest BCUT2D eigenvalue weighted by Gasteiger charge is -2.15. The Hall–Kier alpha value is -2.04. The summed E-state index contributed by atoms with van der Waals surface area (Å²) in [5.74, 6) is -3.05. The maximum atomic E-state index is 11.6. The van der Waals surface area contributed by atoms with E-state index in [1.807, 2.05) is 0 Å². The SMILES string of the molecule is O=C(O)c1ccccc1CC(C(=O)O)c1ccc(Cl)c(Cl)c1. The third kappa shape index (κ3) is 3.59. The van der Waals surface area contributed by atoms with Crippen molar-refractivity contribution in [1.29, 1.82) is 0 Å². The summed E-state index contributed by atoms with van der Waals surface area (Å²) >= 11 is 11.8. The lowest BCUT2D eigenvalue weighted by molar-refractivity contribution is -0.138. The molecule has 22 heavy (non-hydrogen) atoms. The van der Waals surface area contributed by atoms with Gasteiger partial charge in [-0.15, -0.1) is 0 Å². The number of hydrogen-bond donors (Lipinski definition) is 2. The molecule has 2 aromatic carbocycles. The minimum Gasteiger partial charge on any atom is -0.481 e. The van der Waals surface area contributed by atoms with Crippen molar-refractivity contribution in [3.8, 4) is 0 Å². The second kappa shape index (κ2) is 6.81. The third-order valence-corrected chi connectivity index (χ3v) is 4.05. The molecule has 0 fully saturated rings. The summed E-state index contributed by atoms with van der Waals surface area (Å²) in [6, 6.07) is 10.9. The minimum absolute atomic E-state index is 0.0514. The molecule has 2 N–H and O–H groups in total. The number of hydrogen-bond acceptors (Lipinski definition) is 2. The van der Waals surface area contributed by atoms with Crippen molar-refractivity contribution < 1.29 is 19.8 Å². The molecule has 1 atom stereocenters. The van der Waals surface area contributed by atoms with E-state index in [9.17, 15) is 19.8 Å². The molecule has 4 nitrogen and oxygen atoms in total. The second-order valence-corrected chi connectivity index (χ2v) is 5.55. The van der Waals surface area contributed by atoms with Gasteiger partial charge in [-0.2, -0.15) is 0 Å². The van der Waals surface area contributed by atoms with Gasteiger partial charge in [-0.05, 0) is 35.7 Å². The fourth-order valence-electron chi connectivity index (χ4n) is 2.20. The normalized spacial score (nSPS) is 11.9. The number of aromatic carboxylic acids is 1. The van der Waals surface area contributed by atoms with Crippen LogP contribution in [0.3, 0.4) is 0 Å². The first kappa shape index (κ1) is 16.3. The highest BCUT2D eigenvalue weighted by Gasteiger charge is 2.23. The highest BCUT2D eigenvalue weighted by molar-refractivity contribution is 6.42. The van der Waals surface area contributed by atoms with E-state index in [0.29, 0.717) is 16.1 Å². The first-order chi connectivity index (χ1) is 10.4. The maximum absolute atomic E-state index is 11.6. The van der Waals surface area contributed by atoms with Crippen LogP contribution in [0.15, 0.2) is 42.5 Å². The Labute approximate surface area is 136 Å². The molecule has 0 aliphatic rings. The molecule has 0 amide bonds. The van der Waals surface area contributed by atoms with Crippen molar-refractivity contribution in [3.05, 3.63) is 69.2 Å². The molecule has 1 unspecified atom stereocenters. The van der Waals surface area contributed by atoms with Gasteiger partial charge in [-0.1, -0.05) is 47.5 Å². The van der Waals surface area contributed by atoms with E-state index in [1.165, 1.54) is 18.2 Å². The van der Waals surface area contributed by atoms with Crippen LogP contribution in [0, 0.1) is 0 Å². The van der Waals surface area contributed by atoms with Gasteiger partial charge in [0.25, 0.3) is 0 Å². The first-order valence-corrected chi connectivity index (χ1v) is 7.14. The highest BCUT2D eigenvalue weighted by Crippen LogP contribution is 2.29. The third-order valence-electron chi connectivity index (χ3n) is 3.32. The van der Waals surface area contributed by atoms with Gasteiger partial charge >= 0.3 is 11.9 Å². The highest BCUT2D eigenvalue weighted by atomic mass is 35.5. The first-order valence-electron chi connectivity index (χ1n) is 6.39. The number of carboxylic acid groups (broad SMARTS) is 2. The van der Waals surface area contributed by atoms with Gasteiger partial charge in [0.05, 0.1) is 21.5 Å². The van der Waals surface area contributed by atoms with Crippen molar-refractivity contribution in [1.82, 2.24) is 0 Å². The zero-order valence-electron chi connectivity index (χ0n) is 11.3. The van der Waals surface area contributed by atoms with Gasteiger partial charge in [-0.25, -0.2) is 4.79 Å². The van der Waals surface area contributed by atoms with Crippen LogP contribution >= 0.6 is 23.2 Å². The molecular weight excluding hydrogens is 327 g/mol. The molecule has 0 aliphatic carbocycles. The molecule has 2 rings (SSSR count). The number of benzene rings is 2.